The second kappa shape index (κ2) is 10.4. The molecular formula is C25H25FO3. The zero-order chi connectivity index (χ0) is 20.5. The Morgan fingerprint density at radius 2 is 1.72 bits per heavy atom. The SMILES string of the molecule is CCOC(=O)CCCc1ccc(OCc2cc(F)ccc2-c2ccccc2)cc1. The molecule has 0 saturated carbocycles. The molecule has 0 aromatic heterocycles. The van der Waals surface area contributed by atoms with Crippen LogP contribution in [0.2, 0.25) is 0 Å². The van der Waals surface area contributed by atoms with Crippen LogP contribution >= 0.6 is 0 Å². The van der Waals surface area contributed by atoms with Crippen LogP contribution in [-0.2, 0) is 22.6 Å². The highest BCUT2D eigenvalue weighted by Crippen LogP contribution is 2.26. The third kappa shape index (κ3) is 6.18. The maximum absolute atomic E-state index is 13.8. The molecule has 0 N–H and O–H groups in total. The molecule has 0 heterocycles. The highest BCUT2D eigenvalue weighted by atomic mass is 19.1. The molecule has 29 heavy (non-hydrogen) atoms. The van der Waals surface area contributed by atoms with Gasteiger partial charge in [-0.1, -0.05) is 48.5 Å². The fourth-order valence-corrected chi connectivity index (χ4v) is 3.16. The first-order chi connectivity index (χ1) is 14.2. The quantitative estimate of drug-likeness (QED) is 0.422. The van der Waals surface area contributed by atoms with Gasteiger partial charge in [-0.25, -0.2) is 4.39 Å². The van der Waals surface area contributed by atoms with E-state index in [0.29, 0.717) is 13.0 Å². The van der Waals surface area contributed by atoms with E-state index < -0.39 is 0 Å². The molecule has 0 fully saturated rings. The predicted molar refractivity (Wildman–Crippen MR) is 112 cm³/mol. The Bertz CT molecular complexity index is 921. The molecule has 0 radical (unpaired) electrons. The summed E-state index contributed by atoms with van der Waals surface area (Å²) in [7, 11) is 0. The number of carbonyl (C=O) groups excluding carboxylic acids is 1. The van der Waals surface area contributed by atoms with Crippen molar-refractivity contribution < 1.29 is 18.7 Å². The van der Waals surface area contributed by atoms with Crippen molar-refractivity contribution in [2.24, 2.45) is 0 Å². The Morgan fingerprint density at radius 1 is 0.966 bits per heavy atom. The number of rotatable bonds is 9. The van der Waals surface area contributed by atoms with Crippen LogP contribution in [0.4, 0.5) is 4.39 Å². The van der Waals surface area contributed by atoms with Crippen LogP contribution in [0, 0.1) is 5.82 Å². The van der Waals surface area contributed by atoms with Gasteiger partial charge in [-0.05, 0) is 66.3 Å². The van der Waals surface area contributed by atoms with Crippen LogP contribution in [0.25, 0.3) is 11.1 Å². The summed E-state index contributed by atoms with van der Waals surface area (Å²) in [5.74, 6) is 0.291. The van der Waals surface area contributed by atoms with E-state index in [1.54, 1.807) is 6.07 Å². The zero-order valence-corrected chi connectivity index (χ0v) is 16.6. The fourth-order valence-electron chi connectivity index (χ4n) is 3.16. The lowest BCUT2D eigenvalue weighted by Gasteiger charge is -2.12. The number of ether oxygens (including phenoxy) is 2. The Balaban J connectivity index is 1.59. The van der Waals surface area contributed by atoms with Gasteiger partial charge in [0.15, 0.2) is 0 Å². The normalized spacial score (nSPS) is 10.6. The first kappa shape index (κ1) is 20.6. The van der Waals surface area contributed by atoms with Gasteiger partial charge in [0.2, 0.25) is 0 Å². The summed E-state index contributed by atoms with van der Waals surface area (Å²) >= 11 is 0. The van der Waals surface area contributed by atoms with Gasteiger partial charge in [-0.3, -0.25) is 4.79 Å². The minimum Gasteiger partial charge on any atom is -0.489 e. The molecule has 0 aliphatic carbocycles. The van der Waals surface area contributed by atoms with Crippen molar-refractivity contribution in [1.82, 2.24) is 0 Å². The lowest BCUT2D eigenvalue weighted by molar-refractivity contribution is -0.143. The molecule has 0 atom stereocenters. The number of halogens is 1. The van der Waals surface area contributed by atoms with E-state index in [9.17, 15) is 9.18 Å². The molecule has 0 amide bonds. The molecule has 0 bridgehead atoms. The van der Waals surface area contributed by atoms with Gasteiger partial charge < -0.3 is 9.47 Å². The van der Waals surface area contributed by atoms with E-state index in [0.717, 1.165) is 40.8 Å². The second-order valence-electron chi connectivity index (χ2n) is 6.76. The summed E-state index contributed by atoms with van der Waals surface area (Å²) in [5.41, 5.74) is 3.93. The number of hydrogen-bond donors (Lipinski definition) is 0. The number of carbonyl (C=O) groups is 1. The van der Waals surface area contributed by atoms with Gasteiger partial charge in [-0.2, -0.15) is 0 Å². The zero-order valence-electron chi connectivity index (χ0n) is 16.6. The van der Waals surface area contributed by atoms with E-state index in [1.165, 1.54) is 12.1 Å². The summed E-state index contributed by atoms with van der Waals surface area (Å²) in [6.07, 6.45) is 1.98. The Hall–Kier alpha value is -3.14. The lowest BCUT2D eigenvalue weighted by Crippen LogP contribution is -2.04. The molecule has 3 rings (SSSR count). The summed E-state index contributed by atoms with van der Waals surface area (Å²) in [6.45, 7) is 2.51. The van der Waals surface area contributed by atoms with Crippen molar-refractivity contribution in [2.75, 3.05) is 6.61 Å². The van der Waals surface area contributed by atoms with Crippen LogP contribution in [0.3, 0.4) is 0 Å². The van der Waals surface area contributed by atoms with Gasteiger partial charge >= 0.3 is 5.97 Å². The minimum atomic E-state index is -0.278. The molecule has 150 valence electrons. The lowest BCUT2D eigenvalue weighted by atomic mass is 10.00. The first-order valence-electron chi connectivity index (χ1n) is 9.87. The second-order valence-corrected chi connectivity index (χ2v) is 6.76. The average molecular weight is 392 g/mol. The molecule has 3 nitrogen and oxygen atoms in total. The first-order valence-corrected chi connectivity index (χ1v) is 9.87. The fraction of sp³-hybridized carbons (Fsp3) is 0.240. The molecule has 3 aromatic rings. The van der Waals surface area contributed by atoms with Crippen LogP contribution in [-0.4, -0.2) is 12.6 Å². The van der Waals surface area contributed by atoms with E-state index in [-0.39, 0.29) is 18.4 Å². The summed E-state index contributed by atoms with van der Waals surface area (Å²) in [5, 5.41) is 0. The van der Waals surface area contributed by atoms with E-state index in [4.69, 9.17) is 9.47 Å². The van der Waals surface area contributed by atoms with Crippen molar-refractivity contribution in [3.05, 3.63) is 89.7 Å². The number of esters is 1. The van der Waals surface area contributed by atoms with Gasteiger partial charge in [0, 0.05) is 6.42 Å². The van der Waals surface area contributed by atoms with Crippen LogP contribution in [0.5, 0.6) is 5.75 Å². The van der Waals surface area contributed by atoms with E-state index in [2.05, 4.69) is 0 Å². The summed E-state index contributed by atoms with van der Waals surface area (Å²) in [6, 6.07) is 22.4. The topological polar surface area (TPSA) is 35.5 Å². The molecule has 0 spiro atoms. The van der Waals surface area contributed by atoms with Crippen molar-refractivity contribution >= 4 is 5.97 Å². The van der Waals surface area contributed by atoms with Crippen LogP contribution < -0.4 is 4.74 Å². The Morgan fingerprint density at radius 3 is 2.45 bits per heavy atom. The molecule has 3 aromatic carbocycles. The van der Waals surface area contributed by atoms with Gasteiger partial charge in [-0.15, -0.1) is 0 Å². The minimum absolute atomic E-state index is 0.156. The van der Waals surface area contributed by atoms with Crippen LogP contribution in [0.1, 0.15) is 30.9 Å². The molecule has 0 aliphatic rings. The molecule has 0 saturated heterocycles. The van der Waals surface area contributed by atoms with Crippen molar-refractivity contribution in [2.45, 2.75) is 32.8 Å². The van der Waals surface area contributed by atoms with Gasteiger partial charge in [0.05, 0.1) is 6.61 Å². The van der Waals surface area contributed by atoms with E-state index >= 15 is 0 Å². The monoisotopic (exact) mass is 392 g/mol. The van der Waals surface area contributed by atoms with Gasteiger partial charge in [0.25, 0.3) is 0 Å². The van der Waals surface area contributed by atoms with Gasteiger partial charge in [0.1, 0.15) is 18.2 Å². The average Bonchev–Trinajstić information content (AvgIpc) is 2.74. The van der Waals surface area contributed by atoms with Crippen molar-refractivity contribution in [3.8, 4) is 16.9 Å². The molecule has 0 unspecified atom stereocenters. The standard InChI is InChI=1S/C25H25FO3/c1-2-28-25(27)10-6-7-19-11-14-23(15-12-19)29-18-21-17-22(26)13-16-24(21)20-8-4-3-5-9-20/h3-5,8-9,11-17H,2,6-7,10,18H2,1H3. The molecule has 0 aliphatic heterocycles. The van der Waals surface area contributed by atoms with Crippen molar-refractivity contribution in [1.29, 1.82) is 0 Å². The highest BCUT2D eigenvalue weighted by Gasteiger charge is 2.08. The van der Waals surface area contributed by atoms with Crippen LogP contribution in [0.15, 0.2) is 72.8 Å². The summed E-state index contributed by atoms with van der Waals surface area (Å²) in [4.78, 5) is 11.4. The summed E-state index contributed by atoms with van der Waals surface area (Å²) < 4.78 is 24.6. The number of hydrogen-bond acceptors (Lipinski definition) is 3. The smallest absolute Gasteiger partial charge is 0.305 e. The largest absolute Gasteiger partial charge is 0.489 e. The number of benzene rings is 3. The maximum atomic E-state index is 13.8. The predicted octanol–water partition coefficient (Wildman–Crippen LogP) is 5.96. The van der Waals surface area contributed by atoms with Crippen molar-refractivity contribution in [3.63, 3.8) is 0 Å². The molecular weight excluding hydrogens is 367 g/mol. The number of aryl methyl sites for hydroxylation is 1. The highest BCUT2D eigenvalue weighted by molar-refractivity contribution is 5.69. The Kier molecular flexibility index (Phi) is 7.40. The van der Waals surface area contributed by atoms with E-state index in [1.807, 2.05) is 61.5 Å². The third-order valence-corrected chi connectivity index (χ3v) is 4.62. The third-order valence-electron chi connectivity index (χ3n) is 4.62. The molecule has 4 heteroatoms. The Labute approximate surface area is 171 Å². The maximum Gasteiger partial charge on any atom is 0.305 e.